The van der Waals surface area contributed by atoms with Crippen molar-refractivity contribution in [3.8, 4) is 12.3 Å². The largest absolute Gasteiger partial charge is 0.444 e. The van der Waals surface area contributed by atoms with Gasteiger partial charge in [0.2, 0.25) is 0 Å². The van der Waals surface area contributed by atoms with Crippen molar-refractivity contribution < 1.29 is 9.53 Å². The summed E-state index contributed by atoms with van der Waals surface area (Å²) in [4.78, 5) is 18.2. The maximum absolute atomic E-state index is 12.2. The number of hydrogen-bond acceptors (Lipinski definition) is 3. The number of pyridine rings is 1. The Labute approximate surface area is 120 Å². The highest BCUT2D eigenvalue weighted by Crippen LogP contribution is 2.30. The zero-order valence-corrected chi connectivity index (χ0v) is 12.7. The molecular formula is C16H20N2O2. The van der Waals surface area contributed by atoms with Crippen molar-refractivity contribution in [2.24, 2.45) is 0 Å². The first-order chi connectivity index (χ1) is 9.23. The summed E-state index contributed by atoms with van der Waals surface area (Å²) in [5.41, 5.74) is 4.24. The summed E-state index contributed by atoms with van der Waals surface area (Å²) in [6, 6.07) is 0. The summed E-state index contributed by atoms with van der Waals surface area (Å²) in [6.07, 6.45) is 5.21. The van der Waals surface area contributed by atoms with Crippen LogP contribution in [0.15, 0.2) is 0 Å². The van der Waals surface area contributed by atoms with Crippen molar-refractivity contribution in [1.29, 1.82) is 0 Å². The van der Waals surface area contributed by atoms with E-state index in [4.69, 9.17) is 11.2 Å². The zero-order chi connectivity index (χ0) is 15.1. The molecule has 0 atom stereocenters. The Balaban J connectivity index is 2.30. The number of aryl methyl sites for hydroxylation is 1. The second-order valence-corrected chi connectivity index (χ2v) is 6.11. The first kappa shape index (κ1) is 14.4. The molecule has 0 aliphatic carbocycles. The fourth-order valence-corrected chi connectivity index (χ4v) is 2.30. The molecule has 4 heteroatoms. The van der Waals surface area contributed by atoms with Crippen LogP contribution in [0.1, 0.15) is 48.8 Å². The molecule has 2 heterocycles. The lowest BCUT2D eigenvalue weighted by molar-refractivity contribution is 0.0241. The van der Waals surface area contributed by atoms with E-state index in [0.717, 1.165) is 22.4 Å². The molecule has 0 fully saturated rings. The third-order valence-corrected chi connectivity index (χ3v) is 3.41. The van der Waals surface area contributed by atoms with Gasteiger partial charge in [0.25, 0.3) is 0 Å². The van der Waals surface area contributed by atoms with Crippen molar-refractivity contribution in [3.05, 3.63) is 28.1 Å². The molecule has 4 nitrogen and oxygen atoms in total. The normalized spacial score (nSPS) is 13.9. The fourth-order valence-electron chi connectivity index (χ4n) is 2.30. The number of ether oxygens (including phenoxy) is 1. The molecular weight excluding hydrogens is 252 g/mol. The molecule has 0 N–H and O–H groups in total. The molecule has 106 valence electrons. The summed E-state index contributed by atoms with van der Waals surface area (Å²) in [5, 5.41) is 0. The number of hydrogen-bond donors (Lipinski definition) is 0. The van der Waals surface area contributed by atoms with Gasteiger partial charge in [-0.1, -0.05) is 0 Å². The van der Waals surface area contributed by atoms with Crippen LogP contribution in [0, 0.1) is 26.2 Å². The van der Waals surface area contributed by atoms with Gasteiger partial charge >= 0.3 is 6.09 Å². The maximum Gasteiger partial charge on any atom is 0.410 e. The van der Waals surface area contributed by atoms with Gasteiger partial charge in [-0.05, 0) is 51.7 Å². The maximum atomic E-state index is 12.2. The Bertz CT molecular complexity index is 606. The Hall–Kier alpha value is -2.02. The van der Waals surface area contributed by atoms with Gasteiger partial charge in [0.1, 0.15) is 11.3 Å². The van der Waals surface area contributed by atoms with E-state index in [9.17, 15) is 4.79 Å². The summed E-state index contributed by atoms with van der Waals surface area (Å²) in [6.45, 7) is 10.5. The number of nitrogens with zero attached hydrogens (tertiary/aromatic N) is 2. The molecule has 1 aliphatic heterocycles. The number of aromatic nitrogens is 1. The predicted molar refractivity (Wildman–Crippen MR) is 77.1 cm³/mol. The molecule has 0 radical (unpaired) electrons. The van der Waals surface area contributed by atoms with E-state index in [-0.39, 0.29) is 6.09 Å². The van der Waals surface area contributed by atoms with Crippen molar-refractivity contribution >= 4 is 6.09 Å². The van der Waals surface area contributed by atoms with E-state index in [1.165, 1.54) is 0 Å². The van der Waals surface area contributed by atoms with Crippen LogP contribution in [-0.2, 0) is 17.8 Å². The van der Waals surface area contributed by atoms with Gasteiger partial charge in [-0.25, -0.2) is 9.78 Å². The first-order valence-corrected chi connectivity index (χ1v) is 6.66. The highest BCUT2D eigenvalue weighted by atomic mass is 16.6. The molecule has 0 aromatic carbocycles. The monoisotopic (exact) mass is 272 g/mol. The van der Waals surface area contributed by atoms with Crippen LogP contribution in [0.4, 0.5) is 4.79 Å². The van der Waals surface area contributed by atoms with Crippen molar-refractivity contribution in [1.82, 2.24) is 9.88 Å². The number of terminal acetylenes is 1. The van der Waals surface area contributed by atoms with Crippen LogP contribution in [0.3, 0.4) is 0 Å². The van der Waals surface area contributed by atoms with E-state index in [0.29, 0.717) is 18.8 Å². The lowest BCUT2D eigenvalue weighted by Crippen LogP contribution is -2.33. The molecule has 1 aromatic heterocycles. The van der Waals surface area contributed by atoms with E-state index in [2.05, 4.69) is 10.9 Å². The molecule has 0 unspecified atom stereocenters. The van der Waals surface area contributed by atoms with Gasteiger partial charge in [0.15, 0.2) is 0 Å². The SMILES string of the molecule is C#Cc1nc(C)c(C)c2c1CN(C(=O)OC(C)(C)C)C2. The molecule has 2 rings (SSSR count). The Morgan fingerprint density at radius 1 is 1.30 bits per heavy atom. The second-order valence-electron chi connectivity index (χ2n) is 6.11. The zero-order valence-electron chi connectivity index (χ0n) is 12.7. The minimum atomic E-state index is -0.496. The van der Waals surface area contributed by atoms with Crippen LogP contribution in [-0.4, -0.2) is 21.6 Å². The molecule has 0 saturated heterocycles. The lowest BCUT2D eigenvalue weighted by atomic mass is 10.0. The van der Waals surface area contributed by atoms with Crippen molar-refractivity contribution in [2.45, 2.75) is 53.3 Å². The average molecular weight is 272 g/mol. The third kappa shape index (κ3) is 2.62. The van der Waals surface area contributed by atoms with E-state index < -0.39 is 5.60 Å². The second kappa shape index (κ2) is 4.82. The predicted octanol–water partition coefficient (Wildman–Crippen LogP) is 2.93. The summed E-state index contributed by atoms with van der Waals surface area (Å²) >= 11 is 0. The lowest BCUT2D eigenvalue weighted by Gasteiger charge is -2.24. The highest BCUT2D eigenvalue weighted by Gasteiger charge is 2.31. The molecule has 1 amide bonds. The van der Waals surface area contributed by atoms with Crippen LogP contribution in [0.2, 0.25) is 0 Å². The molecule has 0 bridgehead atoms. The summed E-state index contributed by atoms with van der Waals surface area (Å²) in [7, 11) is 0. The quantitative estimate of drug-likeness (QED) is 0.682. The van der Waals surface area contributed by atoms with Crippen molar-refractivity contribution in [2.75, 3.05) is 0 Å². The van der Waals surface area contributed by atoms with Crippen LogP contribution in [0.25, 0.3) is 0 Å². The number of carbonyl (C=O) groups excluding carboxylic acids is 1. The van der Waals surface area contributed by atoms with Gasteiger partial charge in [-0.3, -0.25) is 4.90 Å². The topological polar surface area (TPSA) is 42.4 Å². The van der Waals surface area contributed by atoms with E-state index >= 15 is 0 Å². The van der Waals surface area contributed by atoms with Gasteiger partial charge in [-0.15, -0.1) is 6.42 Å². The smallest absolute Gasteiger partial charge is 0.410 e. The standard InChI is InChI=1S/C16H20N2O2/c1-7-14-13-9-18(15(19)20-16(4,5)6)8-12(13)10(2)11(3)17-14/h1H,8-9H2,2-6H3. The first-order valence-electron chi connectivity index (χ1n) is 6.66. The van der Waals surface area contributed by atoms with Crippen LogP contribution >= 0.6 is 0 Å². The number of rotatable bonds is 0. The van der Waals surface area contributed by atoms with Crippen LogP contribution < -0.4 is 0 Å². The minimum absolute atomic E-state index is 0.311. The molecule has 1 aromatic rings. The average Bonchev–Trinajstić information content (AvgIpc) is 2.77. The van der Waals surface area contributed by atoms with Crippen molar-refractivity contribution in [3.63, 3.8) is 0 Å². The number of carbonyl (C=O) groups is 1. The van der Waals surface area contributed by atoms with Gasteiger partial charge in [0.05, 0.1) is 13.1 Å². The highest BCUT2D eigenvalue weighted by molar-refractivity contribution is 5.70. The van der Waals surface area contributed by atoms with E-state index in [1.807, 2.05) is 34.6 Å². The Morgan fingerprint density at radius 3 is 2.45 bits per heavy atom. The third-order valence-electron chi connectivity index (χ3n) is 3.41. The molecule has 1 aliphatic rings. The van der Waals surface area contributed by atoms with Gasteiger partial charge in [0, 0.05) is 11.3 Å². The molecule has 0 spiro atoms. The number of amides is 1. The Morgan fingerprint density at radius 2 is 1.90 bits per heavy atom. The summed E-state index contributed by atoms with van der Waals surface area (Å²) < 4.78 is 5.41. The van der Waals surface area contributed by atoms with Gasteiger partial charge in [-0.2, -0.15) is 0 Å². The molecule has 0 saturated carbocycles. The fraction of sp³-hybridized carbons (Fsp3) is 0.500. The number of fused-ring (bicyclic) bond motifs is 1. The van der Waals surface area contributed by atoms with Gasteiger partial charge < -0.3 is 4.74 Å². The van der Waals surface area contributed by atoms with E-state index in [1.54, 1.807) is 4.90 Å². The van der Waals surface area contributed by atoms with Crippen LogP contribution in [0.5, 0.6) is 0 Å². The Kier molecular flexibility index (Phi) is 3.47. The summed E-state index contributed by atoms with van der Waals surface area (Å²) in [5.74, 6) is 2.61. The minimum Gasteiger partial charge on any atom is -0.444 e. The molecule has 20 heavy (non-hydrogen) atoms.